The first kappa shape index (κ1) is 14.4. The van der Waals surface area contributed by atoms with Gasteiger partial charge in [-0.05, 0) is 55.5 Å². The second-order valence-electron chi connectivity index (χ2n) is 6.05. The van der Waals surface area contributed by atoms with Crippen molar-refractivity contribution in [2.75, 3.05) is 6.54 Å². The summed E-state index contributed by atoms with van der Waals surface area (Å²) < 4.78 is 26.4. The highest BCUT2D eigenvalue weighted by Gasteiger charge is 2.27. The van der Waals surface area contributed by atoms with Gasteiger partial charge in [-0.1, -0.05) is 6.42 Å². The number of rotatable bonds is 5. The first-order chi connectivity index (χ1) is 10.1. The first-order valence-electron chi connectivity index (χ1n) is 7.52. The molecule has 0 spiro atoms. The zero-order chi connectivity index (χ0) is 15.0. The molecule has 1 aromatic carbocycles. The quantitative estimate of drug-likeness (QED) is 0.874. The normalized spacial score (nSPS) is 19.3. The standard InChI is InChI=1S/C16H20F2N2O/c1-9(19-7-10-3-2-4-10)11-5-12(15(17)18)14-8-20-16(21)13(14)6-11/h5-6,9-10,15,19H,2-4,7-8H2,1H3,(H,20,21). The molecule has 5 heteroatoms. The molecule has 1 unspecified atom stereocenters. The van der Waals surface area contributed by atoms with E-state index in [9.17, 15) is 13.6 Å². The van der Waals surface area contributed by atoms with Crippen molar-refractivity contribution in [3.8, 4) is 0 Å². The maximum absolute atomic E-state index is 13.2. The van der Waals surface area contributed by atoms with Crippen molar-refractivity contribution < 1.29 is 13.6 Å². The Bertz CT molecular complexity index is 555. The average Bonchev–Trinajstić information content (AvgIpc) is 2.77. The smallest absolute Gasteiger partial charge is 0.264 e. The molecule has 0 aromatic heterocycles. The van der Waals surface area contributed by atoms with Gasteiger partial charge >= 0.3 is 0 Å². The van der Waals surface area contributed by atoms with E-state index < -0.39 is 6.43 Å². The Morgan fingerprint density at radius 1 is 1.38 bits per heavy atom. The van der Waals surface area contributed by atoms with Crippen molar-refractivity contribution in [3.05, 3.63) is 34.4 Å². The molecule has 3 nitrogen and oxygen atoms in total. The van der Waals surface area contributed by atoms with Crippen molar-refractivity contribution in [2.45, 2.75) is 45.2 Å². The summed E-state index contributed by atoms with van der Waals surface area (Å²) in [5, 5.41) is 6.02. The van der Waals surface area contributed by atoms with E-state index in [1.165, 1.54) is 19.3 Å². The molecule has 3 rings (SSSR count). The number of hydrogen-bond donors (Lipinski definition) is 2. The summed E-state index contributed by atoms with van der Waals surface area (Å²) in [7, 11) is 0. The largest absolute Gasteiger partial charge is 0.348 e. The minimum atomic E-state index is -2.55. The monoisotopic (exact) mass is 294 g/mol. The van der Waals surface area contributed by atoms with Gasteiger partial charge in [-0.2, -0.15) is 0 Å². The second-order valence-corrected chi connectivity index (χ2v) is 6.05. The Balaban J connectivity index is 1.82. The highest BCUT2D eigenvalue weighted by atomic mass is 19.3. The molecule has 1 aliphatic heterocycles. The minimum absolute atomic E-state index is 0.0156. The van der Waals surface area contributed by atoms with E-state index in [4.69, 9.17) is 0 Å². The molecule has 1 saturated carbocycles. The molecule has 2 N–H and O–H groups in total. The molecule has 1 aromatic rings. The van der Waals surface area contributed by atoms with Crippen LogP contribution in [0.1, 0.15) is 65.7 Å². The van der Waals surface area contributed by atoms with Gasteiger partial charge in [0.1, 0.15) is 0 Å². The maximum atomic E-state index is 13.2. The summed E-state index contributed by atoms with van der Waals surface area (Å²) in [4.78, 5) is 11.8. The molecule has 1 fully saturated rings. The number of amides is 1. The Hall–Kier alpha value is -1.49. The van der Waals surface area contributed by atoms with Crippen LogP contribution in [-0.4, -0.2) is 12.5 Å². The van der Waals surface area contributed by atoms with E-state index in [2.05, 4.69) is 10.6 Å². The molecule has 0 bridgehead atoms. The number of carbonyl (C=O) groups is 1. The Morgan fingerprint density at radius 3 is 2.76 bits per heavy atom. The SMILES string of the molecule is CC(NCC1CCC1)c1cc2c(c(C(F)F)c1)CNC2=O. The Kier molecular flexibility index (Phi) is 3.93. The summed E-state index contributed by atoms with van der Waals surface area (Å²) in [5.74, 6) is 0.458. The number of hydrogen-bond acceptors (Lipinski definition) is 2. The molecule has 114 valence electrons. The summed E-state index contributed by atoms with van der Waals surface area (Å²) in [5.41, 5.74) is 1.60. The minimum Gasteiger partial charge on any atom is -0.348 e. The van der Waals surface area contributed by atoms with Crippen molar-refractivity contribution in [1.82, 2.24) is 10.6 Å². The van der Waals surface area contributed by atoms with Crippen molar-refractivity contribution >= 4 is 5.91 Å². The van der Waals surface area contributed by atoms with Crippen LogP contribution in [0.5, 0.6) is 0 Å². The average molecular weight is 294 g/mol. The van der Waals surface area contributed by atoms with E-state index in [1.807, 2.05) is 6.92 Å². The Morgan fingerprint density at radius 2 is 2.14 bits per heavy atom. The number of fused-ring (bicyclic) bond motifs is 1. The highest BCUT2D eigenvalue weighted by molar-refractivity contribution is 5.99. The Labute approximate surface area is 123 Å². The van der Waals surface area contributed by atoms with Crippen LogP contribution in [0.25, 0.3) is 0 Å². The molecule has 2 aliphatic rings. The van der Waals surface area contributed by atoms with Crippen molar-refractivity contribution in [1.29, 1.82) is 0 Å². The zero-order valence-corrected chi connectivity index (χ0v) is 12.1. The van der Waals surface area contributed by atoms with Crippen LogP contribution >= 0.6 is 0 Å². The predicted octanol–water partition coefficient (Wildman–Crippen LogP) is 3.32. The van der Waals surface area contributed by atoms with Gasteiger partial charge in [-0.25, -0.2) is 8.78 Å². The van der Waals surface area contributed by atoms with Crippen LogP contribution in [0.2, 0.25) is 0 Å². The molecule has 1 aliphatic carbocycles. The van der Waals surface area contributed by atoms with Gasteiger partial charge in [-0.3, -0.25) is 4.79 Å². The fourth-order valence-electron chi connectivity index (χ4n) is 2.98. The summed E-state index contributed by atoms with van der Waals surface area (Å²) in [6.07, 6.45) is 1.23. The van der Waals surface area contributed by atoms with Crippen LogP contribution in [0, 0.1) is 5.92 Å². The third kappa shape index (κ3) is 2.79. The van der Waals surface area contributed by atoms with Crippen molar-refractivity contribution in [2.24, 2.45) is 5.92 Å². The predicted molar refractivity (Wildman–Crippen MR) is 76.3 cm³/mol. The lowest BCUT2D eigenvalue weighted by Crippen LogP contribution is -2.29. The van der Waals surface area contributed by atoms with Crippen LogP contribution in [0.15, 0.2) is 12.1 Å². The van der Waals surface area contributed by atoms with Crippen LogP contribution in [0.3, 0.4) is 0 Å². The maximum Gasteiger partial charge on any atom is 0.264 e. The van der Waals surface area contributed by atoms with Gasteiger partial charge in [0.15, 0.2) is 0 Å². The lowest BCUT2D eigenvalue weighted by atomic mass is 9.85. The number of nitrogens with one attached hydrogen (secondary N) is 2. The zero-order valence-electron chi connectivity index (χ0n) is 12.1. The summed E-state index contributed by atoms with van der Waals surface area (Å²) >= 11 is 0. The number of carbonyl (C=O) groups excluding carboxylic acids is 1. The van der Waals surface area contributed by atoms with E-state index in [1.54, 1.807) is 12.1 Å². The van der Waals surface area contributed by atoms with Gasteiger partial charge in [0.25, 0.3) is 12.3 Å². The first-order valence-corrected chi connectivity index (χ1v) is 7.52. The third-order valence-corrected chi connectivity index (χ3v) is 4.65. The van der Waals surface area contributed by atoms with E-state index >= 15 is 0 Å². The number of halogens is 2. The third-order valence-electron chi connectivity index (χ3n) is 4.65. The summed E-state index contributed by atoms with van der Waals surface area (Å²) in [6.45, 7) is 3.08. The van der Waals surface area contributed by atoms with Gasteiger partial charge in [-0.15, -0.1) is 0 Å². The molecular weight excluding hydrogens is 274 g/mol. The van der Waals surface area contributed by atoms with Crippen molar-refractivity contribution in [3.63, 3.8) is 0 Å². The van der Waals surface area contributed by atoms with Crippen LogP contribution in [0.4, 0.5) is 8.78 Å². The van der Waals surface area contributed by atoms with Gasteiger partial charge < -0.3 is 10.6 Å². The highest BCUT2D eigenvalue weighted by Crippen LogP contribution is 2.32. The topological polar surface area (TPSA) is 41.1 Å². The second kappa shape index (κ2) is 5.72. The molecule has 21 heavy (non-hydrogen) atoms. The van der Waals surface area contributed by atoms with E-state index in [-0.39, 0.29) is 24.1 Å². The van der Waals surface area contributed by atoms with E-state index in [0.29, 0.717) is 17.0 Å². The fraction of sp³-hybridized carbons (Fsp3) is 0.562. The van der Waals surface area contributed by atoms with Gasteiger partial charge in [0, 0.05) is 23.7 Å². The molecule has 0 radical (unpaired) electrons. The van der Waals surface area contributed by atoms with E-state index in [0.717, 1.165) is 12.1 Å². The van der Waals surface area contributed by atoms with Gasteiger partial charge in [0.05, 0.1) is 0 Å². The van der Waals surface area contributed by atoms with Gasteiger partial charge in [0.2, 0.25) is 0 Å². The molecular formula is C16H20F2N2O. The van der Waals surface area contributed by atoms with Crippen LogP contribution in [-0.2, 0) is 6.54 Å². The summed E-state index contributed by atoms with van der Waals surface area (Å²) in [6, 6.07) is 3.27. The lowest BCUT2D eigenvalue weighted by Gasteiger charge is -2.27. The number of alkyl halides is 2. The lowest BCUT2D eigenvalue weighted by molar-refractivity contribution is 0.0965. The molecule has 1 amide bonds. The molecule has 1 atom stereocenters. The molecule has 1 heterocycles. The fourth-order valence-corrected chi connectivity index (χ4v) is 2.98. The molecule has 0 saturated heterocycles. The van der Waals surface area contributed by atoms with Crippen LogP contribution < -0.4 is 10.6 Å². The number of benzene rings is 1.